The van der Waals surface area contributed by atoms with Gasteiger partial charge in [0.15, 0.2) is 6.29 Å². The van der Waals surface area contributed by atoms with E-state index < -0.39 is 66.6 Å². The molecule has 1 heterocycles. The van der Waals surface area contributed by atoms with Crippen molar-refractivity contribution in [3.05, 3.63) is 11.6 Å². The van der Waals surface area contributed by atoms with Crippen LogP contribution in [0.15, 0.2) is 11.6 Å². The quantitative estimate of drug-likeness (QED) is 0.164. The van der Waals surface area contributed by atoms with E-state index in [-0.39, 0.29) is 39.9 Å². The lowest BCUT2D eigenvalue weighted by Gasteiger charge is -2.72. The average molecular weight is 639 g/mol. The summed E-state index contributed by atoms with van der Waals surface area (Å²) in [5.74, 6) is -0.186. The summed E-state index contributed by atoms with van der Waals surface area (Å²) in [7, 11) is 0. The van der Waals surface area contributed by atoms with Crippen molar-refractivity contribution in [2.45, 2.75) is 161 Å². The number of aliphatic hydroxyl groups excluding tert-OH is 6. The number of allylic oxidation sites excluding steroid dienone is 2. The molecule has 5 aliphatic rings. The monoisotopic (exact) mass is 638 g/mol. The van der Waals surface area contributed by atoms with E-state index in [2.05, 4.69) is 54.5 Å². The molecule has 0 aromatic rings. The van der Waals surface area contributed by atoms with Crippen LogP contribution < -0.4 is 0 Å². The van der Waals surface area contributed by atoms with Gasteiger partial charge in [-0.15, -0.1) is 0 Å². The average Bonchev–Trinajstić information content (AvgIpc) is 3.33. The maximum absolute atomic E-state index is 12.1. The Morgan fingerprint density at radius 1 is 0.933 bits per heavy atom. The van der Waals surface area contributed by atoms with Crippen molar-refractivity contribution in [2.75, 3.05) is 6.61 Å². The Morgan fingerprint density at radius 3 is 2.22 bits per heavy atom. The smallest absolute Gasteiger partial charge is 0.186 e. The Hall–Kier alpha value is -0.620. The number of rotatable bonds is 7. The molecule has 9 nitrogen and oxygen atoms in total. The maximum atomic E-state index is 12.1. The molecule has 0 amide bonds. The summed E-state index contributed by atoms with van der Waals surface area (Å²) in [6.07, 6.45) is -0.603. The molecule has 4 saturated carbocycles. The van der Waals surface area contributed by atoms with Gasteiger partial charge in [-0.1, -0.05) is 46.3 Å². The second kappa shape index (κ2) is 12.1. The Balaban J connectivity index is 1.54. The molecule has 260 valence electrons. The zero-order valence-electron chi connectivity index (χ0n) is 28.8. The van der Waals surface area contributed by atoms with E-state index >= 15 is 0 Å². The minimum absolute atomic E-state index is 0.0548. The molecule has 0 bridgehead atoms. The van der Waals surface area contributed by atoms with Crippen LogP contribution >= 0.6 is 0 Å². The Morgan fingerprint density at radius 2 is 1.60 bits per heavy atom. The molecule has 16 atom stereocenters. The van der Waals surface area contributed by atoms with E-state index in [4.69, 9.17) is 9.47 Å². The van der Waals surface area contributed by atoms with Crippen LogP contribution in [-0.4, -0.2) is 97.0 Å². The minimum Gasteiger partial charge on any atom is -0.394 e. The van der Waals surface area contributed by atoms with Gasteiger partial charge in [0.1, 0.15) is 24.4 Å². The van der Waals surface area contributed by atoms with Crippen molar-refractivity contribution in [3.8, 4) is 0 Å². The molecule has 0 spiro atoms. The molecule has 0 aromatic carbocycles. The normalized spacial score (nSPS) is 52.2. The third kappa shape index (κ3) is 5.48. The number of aliphatic hydroxyl groups is 7. The van der Waals surface area contributed by atoms with Crippen LogP contribution in [0.25, 0.3) is 0 Å². The molecule has 7 N–H and O–H groups in total. The number of hydrogen-bond acceptors (Lipinski definition) is 9. The topological polar surface area (TPSA) is 160 Å². The van der Waals surface area contributed by atoms with Crippen LogP contribution in [-0.2, 0) is 9.47 Å². The second-order valence-corrected chi connectivity index (χ2v) is 17.5. The molecule has 0 unspecified atom stereocenters. The molecule has 1 saturated heterocycles. The third-order valence-corrected chi connectivity index (χ3v) is 14.4. The lowest BCUT2D eigenvalue weighted by molar-refractivity contribution is -0.346. The lowest BCUT2D eigenvalue weighted by Crippen LogP contribution is -2.71. The summed E-state index contributed by atoms with van der Waals surface area (Å²) in [5.41, 5.74) is -1.21. The van der Waals surface area contributed by atoms with Crippen molar-refractivity contribution in [1.29, 1.82) is 0 Å². The lowest BCUT2D eigenvalue weighted by atomic mass is 9.34. The third-order valence-electron chi connectivity index (χ3n) is 14.4. The fourth-order valence-electron chi connectivity index (χ4n) is 11.9. The summed E-state index contributed by atoms with van der Waals surface area (Å²) in [5, 5.41) is 77.2. The van der Waals surface area contributed by atoms with Crippen molar-refractivity contribution in [1.82, 2.24) is 0 Å². The van der Waals surface area contributed by atoms with Gasteiger partial charge >= 0.3 is 0 Å². The van der Waals surface area contributed by atoms with E-state index in [1.165, 1.54) is 5.57 Å². The van der Waals surface area contributed by atoms with Gasteiger partial charge in [0.05, 0.1) is 30.5 Å². The van der Waals surface area contributed by atoms with Crippen LogP contribution in [0.5, 0.6) is 0 Å². The highest BCUT2D eigenvalue weighted by Crippen LogP contribution is 2.76. The summed E-state index contributed by atoms with van der Waals surface area (Å²) < 4.78 is 12.6. The largest absolute Gasteiger partial charge is 0.394 e. The molecule has 0 radical (unpaired) electrons. The van der Waals surface area contributed by atoms with E-state index in [1.54, 1.807) is 0 Å². The molecule has 1 aliphatic heterocycles. The van der Waals surface area contributed by atoms with Crippen LogP contribution in [0.2, 0.25) is 0 Å². The van der Waals surface area contributed by atoms with Crippen LogP contribution in [0, 0.1) is 45.3 Å². The highest BCUT2D eigenvalue weighted by Gasteiger charge is 2.73. The Kier molecular flexibility index (Phi) is 9.56. The molecule has 5 fully saturated rings. The SMILES string of the molecule is CC(C)=CCC[C@](C)(O)[C@H]1CC[C@@]2(C)[C@@H]1[C@H](O)C[C@@H]1[C@@]3(C)CC[C@H](O)C(C)(C)[C@H]3[C@@H](O[C@H]3O[C@@H](CO)[C@H](O)[C@@H](O)[C@@H]3O)C[C@]12C. The fourth-order valence-corrected chi connectivity index (χ4v) is 11.9. The van der Waals surface area contributed by atoms with E-state index in [1.807, 2.05) is 6.92 Å². The molecule has 4 aliphatic carbocycles. The molecule has 0 aromatic heterocycles. The van der Waals surface area contributed by atoms with Gasteiger partial charge in [-0.25, -0.2) is 0 Å². The summed E-state index contributed by atoms with van der Waals surface area (Å²) in [6, 6.07) is 0. The van der Waals surface area contributed by atoms with Gasteiger partial charge in [-0.05, 0) is 117 Å². The van der Waals surface area contributed by atoms with Crippen molar-refractivity contribution >= 4 is 0 Å². The van der Waals surface area contributed by atoms with Crippen molar-refractivity contribution in [3.63, 3.8) is 0 Å². The van der Waals surface area contributed by atoms with E-state index in [0.717, 1.165) is 25.7 Å². The summed E-state index contributed by atoms with van der Waals surface area (Å²) >= 11 is 0. The van der Waals surface area contributed by atoms with Gasteiger partial charge < -0.3 is 45.2 Å². The zero-order chi connectivity index (χ0) is 33.5. The summed E-state index contributed by atoms with van der Waals surface area (Å²) in [4.78, 5) is 0. The molecular weight excluding hydrogens is 576 g/mol. The number of fused-ring (bicyclic) bond motifs is 5. The first kappa shape index (κ1) is 35.7. The minimum atomic E-state index is -1.54. The molecule has 5 rings (SSSR count). The number of hydrogen-bond donors (Lipinski definition) is 7. The first-order valence-corrected chi connectivity index (χ1v) is 17.4. The molecule has 45 heavy (non-hydrogen) atoms. The fraction of sp³-hybridized carbons (Fsp3) is 0.944. The van der Waals surface area contributed by atoms with E-state index in [9.17, 15) is 35.7 Å². The highest BCUT2D eigenvalue weighted by molar-refractivity contribution is 5.22. The second-order valence-electron chi connectivity index (χ2n) is 17.5. The highest BCUT2D eigenvalue weighted by atomic mass is 16.7. The first-order chi connectivity index (χ1) is 20.8. The molecular formula is C36H62O9. The standard InChI is InChI=1S/C36H62O9/c1-19(2)10-9-13-36(8,43)20-11-15-34(6)26(20)21(38)16-24-33(5)14-12-25(39)32(3,4)30(33)22(17-35(24,34)7)44-31-29(42)28(41)27(40)23(18-37)45-31/h10,20-31,37-43H,9,11-18H2,1-8H3/t20-,21+,22-,23-,24+,25-,26-,27-,28+,29-,30+,31-,33+,34-,35+,36-/m0/s1. The van der Waals surface area contributed by atoms with Gasteiger partial charge in [0, 0.05) is 0 Å². The van der Waals surface area contributed by atoms with Crippen molar-refractivity contribution in [2.24, 2.45) is 45.3 Å². The summed E-state index contributed by atoms with van der Waals surface area (Å²) in [6.45, 7) is 16.6. The number of ether oxygens (including phenoxy) is 2. The predicted octanol–water partition coefficient (Wildman–Crippen LogP) is 3.30. The van der Waals surface area contributed by atoms with Gasteiger partial charge in [0.2, 0.25) is 0 Å². The van der Waals surface area contributed by atoms with Gasteiger partial charge in [-0.3, -0.25) is 0 Å². The Bertz CT molecular complexity index is 1100. The maximum Gasteiger partial charge on any atom is 0.186 e. The van der Waals surface area contributed by atoms with Crippen LogP contribution in [0.1, 0.15) is 107 Å². The van der Waals surface area contributed by atoms with Crippen molar-refractivity contribution < 1.29 is 45.2 Å². The zero-order valence-corrected chi connectivity index (χ0v) is 28.8. The van der Waals surface area contributed by atoms with Gasteiger partial charge in [-0.2, -0.15) is 0 Å². The van der Waals surface area contributed by atoms with Crippen LogP contribution in [0.4, 0.5) is 0 Å². The molecule has 9 heteroatoms. The Labute approximate surface area is 270 Å². The first-order valence-electron chi connectivity index (χ1n) is 17.4. The predicted molar refractivity (Wildman–Crippen MR) is 170 cm³/mol. The van der Waals surface area contributed by atoms with E-state index in [0.29, 0.717) is 25.7 Å². The van der Waals surface area contributed by atoms with Crippen LogP contribution in [0.3, 0.4) is 0 Å². The van der Waals surface area contributed by atoms with Gasteiger partial charge in [0.25, 0.3) is 0 Å².